The molecule has 0 aromatic rings. The van der Waals surface area contributed by atoms with Crippen LogP contribution in [0.15, 0.2) is 0 Å². The van der Waals surface area contributed by atoms with Crippen molar-refractivity contribution < 1.29 is 5.11 Å². The Morgan fingerprint density at radius 1 is 1.64 bits per heavy atom. The van der Waals surface area contributed by atoms with Crippen molar-refractivity contribution in [3.05, 3.63) is 0 Å². The van der Waals surface area contributed by atoms with E-state index in [-0.39, 0.29) is 0 Å². The van der Waals surface area contributed by atoms with Gasteiger partial charge in [-0.05, 0) is 19.9 Å². The van der Waals surface area contributed by atoms with Crippen LogP contribution in [0.1, 0.15) is 26.7 Å². The summed E-state index contributed by atoms with van der Waals surface area (Å²) in [6, 6.07) is 0. The quantitative estimate of drug-likeness (QED) is 0.454. The smallest absolute Gasteiger partial charge is 0.0852 e. The Hall–Kier alpha value is -0.520. The van der Waals surface area contributed by atoms with E-state index in [1.165, 1.54) is 0 Å². The van der Waals surface area contributed by atoms with Gasteiger partial charge in [-0.25, -0.2) is 0 Å². The van der Waals surface area contributed by atoms with Crippen LogP contribution in [0.5, 0.6) is 0 Å². The molecule has 0 rings (SSSR count). The predicted octanol–water partition coefficient (Wildman–Crippen LogP) is 0.760. The third kappa shape index (κ3) is 5.90. The van der Waals surface area contributed by atoms with Gasteiger partial charge in [-0.15, -0.1) is 12.3 Å². The van der Waals surface area contributed by atoms with Gasteiger partial charge < -0.3 is 10.4 Å². The molecule has 64 valence electrons. The van der Waals surface area contributed by atoms with Crippen LogP contribution in [0.25, 0.3) is 0 Å². The van der Waals surface area contributed by atoms with Crippen LogP contribution in [-0.4, -0.2) is 23.8 Å². The Bertz CT molecular complexity index is 135. The number of aliphatic hydroxyl groups is 1. The molecule has 0 aliphatic heterocycles. The molecule has 2 heteroatoms. The summed E-state index contributed by atoms with van der Waals surface area (Å²) in [7, 11) is 0. The molecule has 0 spiro atoms. The van der Waals surface area contributed by atoms with Gasteiger partial charge in [0.25, 0.3) is 0 Å². The molecule has 0 radical (unpaired) electrons. The highest BCUT2D eigenvalue weighted by Gasteiger charge is 2.17. The first kappa shape index (κ1) is 10.5. The lowest BCUT2D eigenvalue weighted by Crippen LogP contribution is -2.37. The van der Waals surface area contributed by atoms with E-state index in [1.54, 1.807) is 6.92 Å². The van der Waals surface area contributed by atoms with Crippen molar-refractivity contribution >= 4 is 0 Å². The van der Waals surface area contributed by atoms with E-state index in [0.717, 1.165) is 13.0 Å². The van der Waals surface area contributed by atoms with Crippen LogP contribution < -0.4 is 5.32 Å². The minimum absolute atomic E-state index is 0.406. The lowest BCUT2D eigenvalue weighted by Gasteiger charge is -2.20. The number of rotatable bonds is 5. The maximum atomic E-state index is 9.54. The minimum Gasteiger partial charge on any atom is -0.388 e. The third-order valence-corrected chi connectivity index (χ3v) is 1.42. The normalized spacial score (nSPS) is 15.5. The summed E-state index contributed by atoms with van der Waals surface area (Å²) in [5, 5.41) is 12.7. The lowest BCUT2D eigenvalue weighted by atomic mass is 10.0. The minimum atomic E-state index is -0.746. The van der Waals surface area contributed by atoms with Crippen molar-refractivity contribution in [1.82, 2.24) is 5.32 Å². The second kappa shape index (κ2) is 5.17. The topological polar surface area (TPSA) is 32.3 Å². The standard InChI is InChI=1S/C9H17NO/c1-4-6-9(3,11)8-10-7-5-2/h1,10-11H,5-8H2,2-3H3. The Labute approximate surface area is 69.0 Å². The van der Waals surface area contributed by atoms with E-state index in [4.69, 9.17) is 6.42 Å². The van der Waals surface area contributed by atoms with Crippen LogP contribution in [0, 0.1) is 12.3 Å². The van der Waals surface area contributed by atoms with Gasteiger partial charge in [-0.2, -0.15) is 0 Å². The Morgan fingerprint density at radius 2 is 2.27 bits per heavy atom. The molecule has 0 aromatic heterocycles. The summed E-state index contributed by atoms with van der Waals surface area (Å²) in [4.78, 5) is 0. The van der Waals surface area contributed by atoms with Crippen molar-refractivity contribution in [2.24, 2.45) is 0 Å². The fourth-order valence-corrected chi connectivity index (χ4v) is 0.817. The van der Waals surface area contributed by atoms with Gasteiger partial charge in [-0.3, -0.25) is 0 Å². The molecule has 0 aliphatic rings. The van der Waals surface area contributed by atoms with E-state index < -0.39 is 5.60 Å². The van der Waals surface area contributed by atoms with Crippen molar-refractivity contribution in [2.75, 3.05) is 13.1 Å². The van der Waals surface area contributed by atoms with Gasteiger partial charge in [0.05, 0.1) is 5.60 Å². The van der Waals surface area contributed by atoms with Crippen LogP contribution in [0.3, 0.4) is 0 Å². The molecule has 0 saturated carbocycles. The lowest BCUT2D eigenvalue weighted by molar-refractivity contribution is 0.0654. The van der Waals surface area contributed by atoms with E-state index in [1.807, 2.05) is 0 Å². The third-order valence-electron chi connectivity index (χ3n) is 1.42. The van der Waals surface area contributed by atoms with Crippen LogP contribution in [0.2, 0.25) is 0 Å². The zero-order valence-electron chi connectivity index (χ0n) is 7.35. The number of nitrogens with one attached hydrogen (secondary N) is 1. The molecule has 1 unspecified atom stereocenters. The SMILES string of the molecule is C#CCC(C)(O)CNCCC. The molecule has 2 N–H and O–H groups in total. The van der Waals surface area contributed by atoms with Gasteiger partial charge in [0.1, 0.15) is 0 Å². The number of terminal acetylenes is 1. The van der Waals surface area contributed by atoms with Crippen molar-refractivity contribution in [1.29, 1.82) is 0 Å². The van der Waals surface area contributed by atoms with Gasteiger partial charge in [0, 0.05) is 13.0 Å². The molecule has 0 saturated heterocycles. The summed E-state index contributed by atoms with van der Waals surface area (Å²) in [5.74, 6) is 2.44. The van der Waals surface area contributed by atoms with Crippen LogP contribution in [-0.2, 0) is 0 Å². The highest BCUT2D eigenvalue weighted by molar-refractivity contribution is 4.93. The fourth-order valence-electron chi connectivity index (χ4n) is 0.817. The first-order valence-corrected chi connectivity index (χ1v) is 3.99. The second-order valence-corrected chi connectivity index (χ2v) is 3.05. The monoisotopic (exact) mass is 155 g/mol. The first-order chi connectivity index (χ1) is 5.12. The first-order valence-electron chi connectivity index (χ1n) is 3.99. The maximum Gasteiger partial charge on any atom is 0.0852 e. The maximum absolute atomic E-state index is 9.54. The molecule has 0 aromatic carbocycles. The van der Waals surface area contributed by atoms with Gasteiger partial charge >= 0.3 is 0 Å². The summed E-state index contributed by atoms with van der Waals surface area (Å²) in [6.45, 7) is 5.34. The molecular formula is C9H17NO. The highest BCUT2D eigenvalue weighted by atomic mass is 16.3. The van der Waals surface area contributed by atoms with E-state index in [2.05, 4.69) is 18.2 Å². The second-order valence-electron chi connectivity index (χ2n) is 3.05. The Morgan fingerprint density at radius 3 is 2.73 bits per heavy atom. The average Bonchev–Trinajstić information content (AvgIpc) is 1.87. The van der Waals surface area contributed by atoms with Crippen LogP contribution in [0.4, 0.5) is 0 Å². The summed E-state index contributed by atoms with van der Waals surface area (Å²) in [6.07, 6.45) is 6.56. The zero-order valence-corrected chi connectivity index (χ0v) is 7.35. The Kier molecular flexibility index (Phi) is 4.93. The molecule has 0 aliphatic carbocycles. The Balaban J connectivity index is 3.48. The molecule has 1 atom stereocenters. The van der Waals surface area contributed by atoms with E-state index in [9.17, 15) is 5.11 Å². The molecule has 2 nitrogen and oxygen atoms in total. The summed E-state index contributed by atoms with van der Waals surface area (Å²) >= 11 is 0. The average molecular weight is 155 g/mol. The van der Waals surface area contributed by atoms with Crippen molar-refractivity contribution in [3.63, 3.8) is 0 Å². The molecule has 0 amide bonds. The van der Waals surface area contributed by atoms with E-state index >= 15 is 0 Å². The predicted molar refractivity (Wildman–Crippen MR) is 47.2 cm³/mol. The van der Waals surface area contributed by atoms with Crippen LogP contribution >= 0.6 is 0 Å². The highest BCUT2D eigenvalue weighted by Crippen LogP contribution is 2.05. The number of hydrogen-bond acceptors (Lipinski definition) is 2. The largest absolute Gasteiger partial charge is 0.388 e. The molecule has 0 fully saturated rings. The molecule has 0 bridgehead atoms. The number of hydrogen-bond donors (Lipinski definition) is 2. The molecular weight excluding hydrogens is 138 g/mol. The zero-order chi connectivity index (χ0) is 8.74. The van der Waals surface area contributed by atoms with Crippen molar-refractivity contribution in [3.8, 4) is 12.3 Å². The molecule has 0 heterocycles. The van der Waals surface area contributed by atoms with Crippen molar-refractivity contribution in [2.45, 2.75) is 32.3 Å². The molecule has 11 heavy (non-hydrogen) atoms. The summed E-state index contributed by atoms with van der Waals surface area (Å²) in [5.41, 5.74) is -0.746. The van der Waals surface area contributed by atoms with Gasteiger partial charge in [0.2, 0.25) is 0 Å². The van der Waals surface area contributed by atoms with E-state index in [0.29, 0.717) is 13.0 Å². The fraction of sp³-hybridized carbons (Fsp3) is 0.778. The summed E-state index contributed by atoms with van der Waals surface area (Å²) < 4.78 is 0. The van der Waals surface area contributed by atoms with Gasteiger partial charge in [-0.1, -0.05) is 6.92 Å². The van der Waals surface area contributed by atoms with Gasteiger partial charge in [0.15, 0.2) is 0 Å².